The lowest BCUT2D eigenvalue weighted by atomic mass is 10.2. The Morgan fingerprint density at radius 3 is 2.92 bits per heavy atom. The fourth-order valence-corrected chi connectivity index (χ4v) is 3.15. The van der Waals surface area contributed by atoms with Crippen LogP contribution in [0.3, 0.4) is 0 Å². The monoisotopic (exact) mass is 361 g/mol. The number of aromatic nitrogens is 1. The van der Waals surface area contributed by atoms with Gasteiger partial charge in [0.15, 0.2) is 5.13 Å². The van der Waals surface area contributed by atoms with Crippen molar-refractivity contribution in [3.8, 4) is 0 Å². The van der Waals surface area contributed by atoms with Crippen molar-refractivity contribution in [3.63, 3.8) is 0 Å². The Balaban J connectivity index is 1.57. The average molecular weight is 361 g/mol. The van der Waals surface area contributed by atoms with Crippen molar-refractivity contribution < 1.29 is 19.1 Å². The highest BCUT2D eigenvalue weighted by Crippen LogP contribution is 2.19. The highest BCUT2D eigenvalue weighted by atomic mass is 32.1. The number of ether oxygens (including phenoxy) is 2. The molecule has 7 nitrogen and oxygen atoms in total. The molecule has 1 saturated heterocycles. The zero-order valence-electron chi connectivity index (χ0n) is 13.8. The molecule has 1 fully saturated rings. The van der Waals surface area contributed by atoms with Crippen LogP contribution in [0, 0.1) is 0 Å². The van der Waals surface area contributed by atoms with Crippen LogP contribution in [0.25, 0.3) is 0 Å². The topological polar surface area (TPSA) is 80.8 Å². The van der Waals surface area contributed by atoms with Gasteiger partial charge in [0.2, 0.25) is 0 Å². The van der Waals surface area contributed by atoms with Gasteiger partial charge in [0.1, 0.15) is 19.4 Å². The zero-order chi connectivity index (χ0) is 17.6. The van der Waals surface area contributed by atoms with Crippen molar-refractivity contribution in [3.05, 3.63) is 47.0 Å². The van der Waals surface area contributed by atoms with E-state index in [4.69, 9.17) is 9.47 Å². The normalized spacial score (nSPS) is 16.7. The number of carbonyl (C=O) groups is 2. The molecule has 1 aromatic heterocycles. The number of nitrogens with zero attached hydrogens (tertiary/aromatic N) is 2. The molecule has 1 aliphatic heterocycles. The molecule has 0 bridgehead atoms. The maximum Gasteiger partial charge on any atom is 0.412 e. The highest BCUT2D eigenvalue weighted by molar-refractivity contribution is 7.13. The molecule has 0 spiro atoms. The van der Waals surface area contributed by atoms with Gasteiger partial charge in [0.25, 0.3) is 5.91 Å². The van der Waals surface area contributed by atoms with Crippen molar-refractivity contribution in [1.29, 1.82) is 0 Å². The average Bonchev–Trinajstić information content (AvgIpc) is 3.29. The van der Waals surface area contributed by atoms with Crippen LogP contribution in [0.1, 0.15) is 18.2 Å². The zero-order valence-corrected chi connectivity index (χ0v) is 14.6. The molecule has 0 saturated carbocycles. The third-order valence-corrected chi connectivity index (χ3v) is 4.58. The number of nitrogens with one attached hydrogen (secondary N) is 1. The van der Waals surface area contributed by atoms with E-state index in [0.717, 1.165) is 17.7 Å². The van der Waals surface area contributed by atoms with Crippen LogP contribution >= 0.6 is 11.3 Å². The third kappa shape index (κ3) is 4.34. The molecule has 2 heterocycles. The first-order valence-corrected chi connectivity index (χ1v) is 8.85. The van der Waals surface area contributed by atoms with Crippen LogP contribution in [-0.4, -0.2) is 41.3 Å². The summed E-state index contributed by atoms with van der Waals surface area (Å²) in [5, 5.41) is 5.15. The predicted octanol–water partition coefficient (Wildman–Crippen LogP) is 2.64. The van der Waals surface area contributed by atoms with Gasteiger partial charge in [-0.25, -0.2) is 9.78 Å². The lowest BCUT2D eigenvalue weighted by Gasteiger charge is -2.20. The number of carbonyl (C=O) groups excluding carboxylic acids is 2. The van der Waals surface area contributed by atoms with E-state index in [1.165, 1.54) is 16.2 Å². The Morgan fingerprint density at radius 1 is 1.40 bits per heavy atom. The summed E-state index contributed by atoms with van der Waals surface area (Å²) >= 11 is 1.36. The van der Waals surface area contributed by atoms with E-state index in [0.29, 0.717) is 5.13 Å². The minimum atomic E-state index is -0.725. The van der Waals surface area contributed by atoms with E-state index in [9.17, 15) is 9.59 Å². The van der Waals surface area contributed by atoms with E-state index in [2.05, 4.69) is 10.3 Å². The van der Waals surface area contributed by atoms with Gasteiger partial charge in [0.05, 0.1) is 12.3 Å². The minimum absolute atomic E-state index is 0.0315. The Hall–Kier alpha value is -2.45. The fourth-order valence-electron chi connectivity index (χ4n) is 2.36. The van der Waals surface area contributed by atoms with Crippen LogP contribution < -0.4 is 5.32 Å². The maximum atomic E-state index is 12.4. The lowest BCUT2D eigenvalue weighted by molar-refractivity contribution is -0.119. The van der Waals surface area contributed by atoms with Crippen LogP contribution in [0.5, 0.6) is 0 Å². The van der Waals surface area contributed by atoms with E-state index in [1.54, 1.807) is 0 Å². The number of thiazole rings is 1. The van der Waals surface area contributed by atoms with E-state index >= 15 is 0 Å². The van der Waals surface area contributed by atoms with Gasteiger partial charge < -0.3 is 14.8 Å². The van der Waals surface area contributed by atoms with E-state index < -0.39 is 12.1 Å². The van der Waals surface area contributed by atoms with Crippen molar-refractivity contribution in [2.75, 3.05) is 18.7 Å². The van der Waals surface area contributed by atoms with Crippen LogP contribution in [0.2, 0.25) is 0 Å². The lowest BCUT2D eigenvalue weighted by Crippen LogP contribution is -2.44. The van der Waals surface area contributed by atoms with Gasteiger partial charge in [-0.1, -0.05) is 37.3 Å². The van der Waals surface area contributed by atoms with Gasteiger partial charge in [-0.15, -0.1) is 11.3 Å². The summed E-state index contributed by atoms with van der Waals surface area (Å²) in [5.74, 6) is -0.328. The van der Waals surface area contributed by atoms with Crippen LogP contribution in [0.4, 0.5) is 9.93 Å². The van der Waals surface area contributed by atoms with Gasteiger partial charge in [-0.05, 0) is 12.0 Å². The molecule has 1 aromatic carbocycles. The molecule has 2 amide bonds. The summed E-state index contributed by atoms with van der Waals surface area (Å²) in [6.45, 7) is 2.31. The fraction of sp³-hybridized carbons (Fsp3) is 0.353. The number of hydrogen-bond acceptors (Lipinski definition) is 6. The second-order valence-corrected chi connectivity index (χ2v) is 6.37. The first-order valence-electron chi connectivity index (χ1n) is 7.97. The molecule has 8 heteroatoms. The molecule has 1 aliphatic rings. The summed E-state index contributed by atoms with van der Waals surface area (Å²) in [5.41, 5.74) is 1.80. The summed E-state index contributed by atoms with van der Waals surface area (Å²) < 4.78 is 10.6. The molecular weight excluding hydrogens is 342 g/mol. The number of hydrogen-bond donors (Lipinski definition) is 1. The molecule has 3 rings (SSSR count). The second kappa shape index (κ2) is 8.09. The van der Waals surface area contributed by atoms with Gasteiger partial charge in [-0.2, -0.15) is 0 Å². The molecule has 2 aromatic rings. The summed E-state index contributed by atoms with van der Waals surface area (Å²) in [6, 6.07) is 8.64. The molecule has 25 heavy (non-hydrogen) atoms. The highest BCUT2D eigenvalue weighted by Gasteiger charge is 2.36. The Bertz CT molecular complexity index is 735. The summed E-state index contributed by atoms with van der Waals surface area (Å²) in [6.07, 6.45) is 0.228. The second-order valence-electron chi connectivity index (χ2n) is 5.51. The molecule has 132 valence electrons. The molecular formula is C17H19N3O4S. The molecule has 1 unspecified atom stereocenters. The predicted molar refractivity (Wildman–Crippen MR) is 93.2 cm³/mol. The number of aryl methyl sites for hydroxylation is 1. The summed E-state index contributed by atoms with van der Waals surface area (Å²) in [4.78, 5) is 30.3. The van der Waals surface area contributed by atoms with Gasteiger partial charge in [-0.3, -0.25) is 9.69 Å². The SMILES string of the molecule is CCc1csc(NC(=O)C2COCN2C(=O)OCc2ccccc2)n1. The number of rotatable bonds is 5. The largest absolute Gasteiger partial charge is 0.444 e. The number of amides is 2. The summed E-state index contributed by atoms with van der Waals surface area (Å²) in [7, 11) is 0. The van der Waals surface area contributed by atoms with Crippen molar-refractivity contribution in [1.82, 2.24) is 9.88 Å². The number of benzene rings is 1. The van der Waals surface area contributed by atoms with Crippen LogP contribution in [0.15, 0.2) is 35.7 Å². The van der Waals surface area contributed by atoms with Crippen molar-refractivity contribution in [2.24, 2.45) is 0 Å². The smallest absolute Gasteiger partial charge is 0.412 e. The van der Waals surface area contributed by atoms with Crippen molar-refractivity contribution >= 4 is 28.5 Å². The standard InChI is InChI=1S/C17H19N3O4S/c1-2-13-10-25-16(18-13)19-15(21)14-9-23-11-20(14)17(22)24-8-12-6-4-3-5-7-12/h3-7,10,14H,2,8-9,11H2,1H3,(H,18,19,21). The quantitative estimate of drug-likeness (QED) is 0.885. The molecule has 1 N–H and O–H groups in total. The first-order chi connectivity index (χ1) is 12.2. The van der Waals surface area contributed by atoms with Crippen LogP contribution in [-0.2, 0) is 27.3 Å². The Morgan fingerprint density at radius 2 is 2.20 bits per heavy atom. The van der Waals surface area contributed by atoms with Crippen molar-refractivity contribution in [2.45, 2.75) is 26.0 Å². The van der Waals surface area contributed by atoms with E-state index in [-0.39, 0.29) is 25.9 Å². The molecule has 0 radical (unpaired) electrons. The maximum absolute atomic E-state index is 12.4. The molecule has 0 aliphatic carbocycles. The molecule has 1 atom stereocenters. The minimum Gasteiger partial charge on any atom is -0.444 e. The van der Waals surface area contributed by atoms with Gasteiger partial charge in [0, 0.05) is 5.38 Å². The first kappa shape index (κ1) is 17.4. The van der Waals surface area contributed by atoms with E-state index in [1.807, 2.05) is 42.6 Å². The Kier molecular flexibility index (Phi) is 5.62. The Labute approximate surface area is 149 Å². The third-order valence-electron chi connectivity index (χ3n) is 3.77. The van der Waals surface area contributed by atoms with Gasteiger partial charge >= 0.3 is 6.09 Å². The number of anilines is 1.